The summed E-state index contributed by atoms with van der Waals surface area (Å²) in [4.78, 5) is 24.3. The Balaban J connectivity index is 1.30. The van der Waals surface area contributed by atoms with Gasteiger partial charge in [0.2, 0.25) is 0 Å². The Morgan fingerprint density at radius 2 is 1.53 bits per heavy atom. The van der Waals surface area contributed by atoms with Crippen molar-refractivity contribution >= 4 is 49.6 Å². The Kier molecular flexibility index (Phi) is 7.15. The minimum absolute atomic E-state index is 0.427. The number of rotatable bonds is 7. The average Bonchev–Trinajstić information content (AvgIpc) is 3.63. The third-order valence-electron chi connectivity index (χ3n) is 6.81. The lowest BCUT2D eigenvalue weighted by Gasteiger charge is -2.15. The number of ether oxygens (including phenoxy) is 1. The molecule has 2 N–H and O–H groups in total. The van der Waals surface area contributed by atoms with Crippen LogP contribution in [0, 0.1) is 6.92 Å². The number of carbonyl (C=O) groups is 2. The first-order valence-corrected chi connectivity index (χ1v) is 13.6. The van der Waals surface area contributed by atoms with Crippen LogP contribution in [0.4, 0.5) is 10.5 Å². The summed E-state index contributed by atoms with van der Waals surface area (Å²) in [7, 11) is 0. The van der Waals surface area contributed by atoms with E-state index < -0.39 is 23.6 Å². The van der Waals surface area contributed by atoms with Crippen LogP contribution in [-0.2, 0) is 14.9 Å². The maximum atomic E-state index is 12.7. The van der Waals surface area contributed by atoms with Gasteiger partial charge in [-0.1, -0.05) is 85.5 Å². The molecule has 4 aromatic rings. The topological polar surface area (TPSA) is 102 Å². The van der Waals surface area contributed by atoms with Gasteiger partial charge in [0.05, 0.1) is 5.41 Å². The van der Waals surface area contributed by atoms with Crippen LogP contribution in [0.2, 0.25) is 0 Å². The number of anilines is 1. The summed E-state index contributed by atoms with van der Waals surface area (Å²) < 4.78 is 12.9. The molecule has 1 aliphatic carbocycles. The largest absolute Gasteiger partial charge is 0.481 e. The Bertz CT molecular complexity index is 1490. The van der Waals surface area contributed by atoms with Crippen LogP contribution >= 0.6 is 31.9 Å². The molecule has 9 heteroatoms. The number of hydrogen-bond acceptors (Lipinski definition) is 5. The molecule has 0 spiro atoms. The maximum Gasteiger partial charge on any atom is 0.412 e. The molecule has 1 saturated carbocycles. The second-order valence-corrected chi connectivity index (χ2v) is 11.2. The molecular weight excluding hydrogens is 616 g/mol. The summed E-state index contributed by atoms with van der Waals surface area (Å²) in [5.74, 6) is -0.336. The van der Waals surface area contributed by atoms with Crippen molar-refractivity contribution in [3.8, 4) is 22.5 Å². The lowest BCUT2D eigenvalue weighted by atomic mass is 9.93. The van der Waals surface area contributed by atoms with Gasteiger partial charge >= 0.3 is 12.1 Å². The Morgan fingerprint density at radius 1 is 0.974 bits per heavy atom. The van der Waals surface area contributed by atoms with Crippen molar-refractivity contribution in [2.75, 3.05) is 5.32 Å². The number of carbonyl (C=O) groups excluding carboxylic acids is 1. The number of benzene rings is 3. The summed E-state index contributed by atoms with van der Waals surface area (Å²) in [6.07, 6.45) is 0.255. The number of aliphatic carboxylic acids is 1. The standard InChI is InChI=1S/C29H24Br2N2O5/c1-16-25(32-28(36)37-17(2)21-13-23(30)15-24(31)14-21)26(38-33-16)20-5-3-18(4-6-20)19-7-9-22(10-8-19)29(11-12-29)27(34)35/h3-10,13-15,17H,11-12H2,1-2H3,(H,32,36)(H,34,35)/t17-/m1/s1. The van der Waals surface area contributed by atoms with E-state index in [0.717, 1.165) is 36.8 Å². The Labute approximate surface area is 236 Å². The van der Waals surface area contributed by atoms with E-state index in [-0.39, 0.29) is 0 Å². The lowest BCUT2D eigenvalue weighted by molar-refractivity contribution is -0.140. The van der Waals surface area contributed by atoms with Crippen LogP contribution in [0.15, 0.2) is 80.2 Å². The highest BCUT2D eigenvalue weighted by Crippen LogP contribution is 2.48. The van der Waals surface area contributed by atoms with Gasteiger partial charge in [0.25, 0.3) is 0 Å². The molecule has 0 radical (unpaired) electrons. The molecule has 5 rings (SSSR count). The van der Waals surface area contributed by atoms with Crippen molar-refractivity contribution in [1.29, 1.82) is 0 Å². The van der Waals surface area contributed by atoms with E-state index in [0.29, 0.717) is 30.0 Å². The van der Waals surface area contributed by atoms with Crippen molar-refractivity contribution in [2.24, 2.45) is 0 Å². The van der Waals surface area contributed by atoms with Gasteiger partial charge in [-0.25, -0.2) is 4.79 Å². The van der Waals surface area contributed by atoms with E-state index in [4.69, 9.17) is 9.26 Å². The minimum Gasteiger partial charge on any atom is -0.481 e. The van der Waals surface area contributed by atoms with Gasteiger partial charge in [0.15, 0.2) is 5.76 Å². The molecule has 1 fully saturated rings. The van der Waals surface area contributed by atoms with Gasteiger partial charge < -0.3 is 14.4 Å². The van der Waals surface area contributed by atoms with Crippen LogP contribution in [-0.4, -0.2) is 22.3 Å². The van der Waals surface area contributed by atoms with Crippen LogP contribution in [0.3, 0.4) is 0 Å². The van der Waals surface area contributed by atoms with Crippen LogP contribution in [0.5, 0.6) is 0 Å². The number of nitrogens with zero attached hydrogens (tertiary/aromatic N) is 1. The number of aryl methyl sites for hydroxylation is 1. The molecule has 194 valence electrons. The molecule has 7 nitrogen and oxygen atoms in total. The summed E-state index contributed by atoms with van der Waals surface area (Å²) in [6, 6.07) is 21.0. The smallest absolute Gasteiger partial charge is 0.412 e. The fourth-order valence-electron chi connectivity index (χ4n) is 4.43. The van der Waals surface area contributed by atoms with Crippen molar-refractivity contribution in [3.63, 3.8) is 0 Å². The molecule has 0 bridgehead atoms. The second-order valence-electron chi connectivity index (χ2n) is 9.39. The molecule has 0 unspecified atom stereocenters. The molecule has 1 amide bonds. The molecular formula is C29H24Br2N2O5. The van der Waals surface area contributed by atoms with Crippen LogP contribution in [0.25, 0.3) is 22.5 Å². The van der Waals surface area contributed by atoms with Crippen molar-refractivity contribution in [3.05, 3.63) is 92.5 Å². The predicted octanol–water partition coefficient (Wildman–Crippen LogP) is 8.27. The number of nitrogens with one attached hydrogen (secondary N) is 1. The summed E-state index contributed by atoms with van der Waals surface area (Å²) >= 11 is 6.90. The molecule has 3 aromatic carbocycles. The third kappa shape index (κ3) is 5.26. The first-order valence-electron chi connectivity index (χ1n) is 12.0. The fraction of sp³-hybridized carbons (Fsp3) is 0.207. The zero-order valence-electron chi connectivity index (χ0n) is 20.6. The zero-order chi connectivity index (χ0) is 27.0. The van der Waals surface area contributed by atoms with Crippen LogP contribution in [0.1, 0.15) is 42.7 Å². The zero-order valence-corrected chi connectivity index (χ0v) is 23.8. The molecule has 1 aromatic heterocycles. The quantitative estimate of drug-likeness (QED) is 0.211. The lowest BCUT2D eigenvalue weighted by Crippen LogP contribution is -2.19. The van der Waals surface area contributed by atoms with Gasteiger partial charge in [0.1, 0.15) is 17.5 Å². The normalized spacial score (nSPS) is 14.5. The summed E-state index contributed by atoms with van der Waals surface area (Å²) in [5, 5.41) is 16.3. The van der Waals surface area contributed by atoms with Gasteiger partial charge in [-0.05, 0) is 67.1 Å². The number of carboxylic acid groups (broad SMARTS) is 1. The molecule has 1 aliphatic rings. The molecule has 38 heavy (non-hydrogen) atoms. The van der Waals surface area contributed by atoms with E-state index in [2.05, 4.69) is 42.3 Å². The SMILES string of the molecule is Cc1noc(-c2ccc(-c3ccc(C4(C(=O)O)CC4)cc3)cc2)c1NC(=O)O[C@H](C)c1cc(Br)cc(Br)c1. The van der Waals surface area contributed by atoms with Gasteiger partial charge in [-0.3, -0.25) is 10.1 Å². The fourth-order valence-corrected chi connectivity index (χ4v) is 5.76. The summed E-state index contributed by atoms with van der Waals surface area (Å²) in [5.41, 5.74) is 4.62. The molecule has 1 atom stereocenters. The van der Waals surface area contributed by atoms with Gasteiger partial charge in [-0.2, -0.15) is 0 Å². The predicted molar refractivity (Wildman–Crippen MR) is 151 cm³/mol. The highest BCUT2D eigenvalue weighted by Gasteiger charge is 2.51. The number of carboxylic acids is 1. The minimum atomic E-state index is -0.763. The molecule has 0 aliphatic heterocycles. The summed E-state index contributed by atoms with van der Waals surface area (Å²) in [6.45, 7) is 3.55. The number of halogens is 2. The third-order valence-corrected chi connectivity index (χ3v) is 7.72. The Morgan fingerprint density at radius 3 is 2.08 bits per heavy atom. The number of amides is 1. The molecule has 1 heterocycles. The van der Waals surface area contributed by atoms with Crippen molar-refractivity contribution in [2.45, 2.75) is 38.2 Å². The Hall–Kier alpha value is -3.43. The van der Waals surface area contributed by atoms with E-state index in [1.54, 1.807) is 13.8 Å². The monoisotopic (exact) mass is 638 g/mol. The number of aromatic nitrogens is 1. The van der Waals surface area contributed by atoms with Crippen molar-refractivity contribution < 1.29 is 24.0 Å². The highest BCUT2D eigenvalue weighted by atomic mass is 79.9. The van der Waals surface area contributed by atoms with Gasteiger partial charge in [-0.15, -0.1) is 0 Å². The first-order chi connectivity index (χ1) is 18.2. The maximum absolute atomic E-state index is 12.7. The molecule has 0 saturated heterocycles. The van der Waals surface area contributed by atoms with Crippen molar-refractivity contribution in [1.82, 2.24) is 5.16 Å². The second kappa shape index (κ2) is 10.4. The van der Waals surface area contributed by atoms with Crippen LogP contribution < -0.4 is 5.32 Å². The van der Waals surface area contributed by atoms with E-state index >= 15 is 0 Å². The van der Waals surface area contributed by atoms with E-state index in [9.17, 15) is 14.7 Å². The van der Waals surface area contributed by atoms with E-state index in [1.165, 1.54) is 0 Å². The average molecular weight is 640 g/mol. The van der Waals surface area contributed by atoms with Gasteiger partial charge in [0, 0.05) is 14.5 Å². The number of hydrogen-bond donors (Lipinski definition) is 2. The first kappa shape index (κ1) is 26.2. The van der Waals surface area contributed by atoms with E-state index in [1.807, 2.05) is 66.7 Å². The highest BCUT2D eigenvalue weighted by molar-refractivity contribution is 9.11.